The van der Waals surface area contributed by atoms with Gasteiger partial charge in [0, 0.05) is 22.8 Å². The molecule has 0 aliphatic heterocycles. The van der Waals surface area contributed by atoms with Crippen molar-refractivity contribution >= 4 is 17.6 Å². The number of tetrazole rings is 1. The summed E-state index contributed by atoms with van der Waals surface area (Å²) < 4.78 is 2.56. The molecule has 1 N–H and O–H groups in total. The maximum Gasteiger partial charge on any atom is 0.323 e. The summed E-state index contributed by atoms with van der Waals surface area (Å²) in [6.07, 6.45) is 2.86. The SMILES string of the molecule is O=C(O)Cn1ccc(-c2cc(Cl)ccc2-n2cnnn2)cc1=O. The van der Waals surface area contributed by atoms with E-state index in [1.54, 1.807) is 24.3 Å². The fourth-order valence-corrected chi connectivity index (χ4v) is 2.33. The van der Waals surface area contributed by atoms with Crippen LogP contribution in [0.3, 0.4) is 0 Å². The zero-order chi connectivity index (χ0) is 16.4. The Morgan fingerprint density at radius 3 is 2.74 bits per heavy atom. The Morgan fingerprint density at radius 2 is 2.09 bits per heavy atom. The van der Waals surface area contributed by atoms with E-state index in [0.717, 1.165) is 4.57 Å². The van der Waals surface area contributed by atoms with E-state index in [2.05, 4.69) is 15.5 Å². The molecule has 2 aromatic heterocycles. The molecule has 3 rings (SSSR count). The van der Waals surface area contributed by atoms with Crippen LogP contribution in [0.15, 0.2) is 47.7 Å². The third-order valence-corrected chi connectivity index (χ3v) is 3.40. The van der Waals surface area contributed by atoms with Crippen LogP contribution in [-0.4, -0.2) is 35.9 Å². The minimum absolute atomic E-state index is 0.394. The Hall–Kier alpha value is -3.00. The number of carboxylic acid groups (broad SMARTS) is 1. The quantitative estimate of drug-likeness (QED) is 0.771. The summed E-state index contributed by atoms with van der Waals surface area (Å²) in [4.78, 5) is 22.8. The lowest BCUT2D eigenvalue weighted by atomic mass is 10.0. The zero-order valence-corrected chi connectivity index (χ0v) is 12.4. The van der Waals surface area contributed by atoms with E-state index in [4.69, 9.17) is 16.7 Å². The van der Waals surface area contributed by atoms with Crippen LogP contribution < -0.4 is 5.56 Å². The van der Waals surface area contributed by atoms with Crippen molar-refractivity contribution in [2.75, 3.05) is 0 Å². The van der Waals surface area contributed by atoms with Crippen LogP contribution >= 0.6 is 11.6 Å². The van der Waals surface area contributed by atoms with Crippen molar-refractivity contribution in [2.24, 2.45) is 0 Å². The first-order chi connectivity index (χ1) is 11.0. The molecule has 9 heteroatoms. The summed E-state index contributed by atoms with van der Waals surface area (Å²) in [6.45, 7) is -0.394. The Morgan fingerprint density at radius 1 is 1.26 bits per heavy atom. The van der Waals surface area contributed by atoms with Gasteiger partial charge in [-0.1, -0.05) is 11.6 Å². The van der Waals surface area contributed by atoms with Gasteiger partial charge in [0.2, 0.25) is 0 Å². The molecule has 0 saturated heterocycles. The molecule has 0 amide bonds. The van der Waals surface area contributed by atoms with Crippen molar-refractivity contribution in [2.45, 2.75) is 6.54 Å². The third-order valence-electron chi connectivity index (χ3n) is 3.17. The highest BCUT2D eigenvalue weighted by molar-refractivity contribution is 6.31. The summed E-state index contributed by atoms with van der Waals surface area (Å²) >= 11 is 6.05. The van der Waals surface area contributed by atoms with E-state index in [0.29, 0.717) is 21.8 Å². The molecule has 23 heavy (non-hydrogen) atoms. The number of rotatable bonds is 4. The van der Waals surface area contributed by atoms with Gasteiger partial charge < -0.3 is 9.67 Å². The molecule has 116 valence electrons. The molecular weight excluding hydrogens is 322 g/mol. The topological polar surface area (TPSA) is 103 Å². The largest absolute Gasteiger partial charge is 0.480 e. The third kappa shape index (κ3) is 3.11. The van der Waals surface area contributed by atoms with Crippen LogP contribution in [-0.2, 0) is 11.3 Å². The molecule has 1 aromatic carbocycles. The first kappa shape index (κ1) is 14.9. The van der Waals surface area contributed by atoms with Crippen molar-refractivity contribution in [3.05, 3.63) is 58.2 Å². The fourth-order valence-electron chi connectivity index (χ4n) is 2.16. The first-order valence-corrected chi connectivity index (χ1v) is 6.88. The van der Waals surface area contributed by atoms with Crippen LogP contribution in [0, 0.1) is 0 Å². The van der Waals surface area contributed by atoms with Crippen molar-refractivity contribution in [1.29, 1.82) is 0 Å². The molecule has 0 atom stereocenters. The number of carboxylic acids is 1. The van der Waals surface area contributed by atoms with E-state index >= 15 is 0 Å². The fraction of sp³-hybridized carbons (Fsp3) is 0.0714. The van der Waals surface area contributed by atoms with Crippen LogP contribution in [0.5, 0.6) is 0 Å². The van der Waals surface area contributed by atoms with Gasteiger partial charge in [0.1, 0.15) is 12.9 Å². The lowest BCUT2D eigenvalue weighted by Crippen LogP contribution is -2.22. The molecule has 0 aliphatic rings. The number of pyridine rings is 1. The number of hydrogen-bond donors (Lipinski definition) is 1. The number of hydrogen-bond acceptors (Lipinski definition) is 5. The molecule has 0 fully saturated rings. The van der Waals surface area contributed by atoms with Crippen LogP contribution in [0.25, 0.3) is 16.8 Å². The maximum absolute atomic E-state index is 12.1. The molecular formula is C14H10ClN5O3. The van der Waals surface area contributed by atoms with Gasteiger partial charge in [0.15, 0.2) is 0 Å². The number of aromatic nitrogens is 5. The van der Waals surface area contributed by atoms with Crippen LogP contribution in [0.4, 0.5) is 0 Å². The van der Waals surface area contributed by atoms with Crippen molar-refractivity contribution in [3.63, 3.8) is 0 Å². The number of carbonyl (C=O) groups is 1. The highest BCUT2D eigenvalue weighted by Crippen LogP contribution is 2.28. The number of nitrogens with zero attached hydrogens (tertiary/aromatic N) is 5. The van der Waals surface area contributed by atoms with E-state index in [9.17, 15) is 9.59 Å². The molecule has 0 aliphatic carbocycles. The molecule has 2 heterocycles. The summed E-state index contributed by atoms with van der Waals surface area (Å²) in [5.41, 5.74) is 1.47. The van der Waals surface area contributed by atoms with Gasteiger partial charge in [-0.15, -0.1) is 5.10 Å². The number of benzene rings is 1. The predicted molar refractivity (Wildman–Crippen MR) is 81.5 cm³/mol. The van der Waals surface area contributed by atoms with E-state index < -0.39 is 18.1 Å². The highest BCUT2D eigenvalue weighted by Gasteiger charge is 2.11. The molecule has 0 unspecified atom stereocenters. The lowest BCUT2D eigenvalue weighted by Gasteiger charge is -2.10. The second-order valence-corrected chi connectivity index (χ2v) is 5.13. The molecule has 3 aromatic rings. The number of halogens is 1. The van der Waals surface area contributed by atoms with Gasteiger partial charge in [0.25, 0.3) is 5.56 Å². The Balaban J connectivity index is 2.12. The van der Waals surface area contributed by atoms with Gasteiger partial charge in [-0.25, -0.2) is 0 Å². The summed E-state index contributed by atoms with van der Waals surface area (Å²) in [6, 6.07) is 8.10. The van der Waals surface area contributed by atoms with Crippen LogP contribution in [0.2, 0.25) is 5.02 Å². The summed E-state index contributed by atoms with van der Waals surface area (Å²) in [7, 11) is 0. The minimum Gasteiger partial charge on any atom is -0.480 e. The van der Waals surface area contributed by atoms with Gasteiger partial charge in [-0.3, -0.25) is 9.59 Å². The predicted octanol–water partition coefficient (Wildman–Crippen LogP) is 1.23. The molecule has 8 nitrogen and oxygen atoms in total. The first-order valence-electron chi connectivity index (χ1n) is 6.50. The molecule has 0 saturated carbocycles. The second kappa shape index (κ2) is 6.01. The molecule has 0 radical (unpaired) electrons. The molecule has 0 bridgehead atoms. The van der Waals surface area contributed by atoms with Gasteiger partial charge in [-0.2, -0.15) is 4.68 Å². The Bertz CT molecular complexity index is 920. The van der Waals surface area contributed by atoms with Crippen molar-refractivity contribution < 1.29 is 9.90 Å². The van der Waals surface area contributed by atoms with E-state index in [-0.39, 0.29) is 0 Å². The minimum atomic E-state index is -1.09. The lowest BCUT2D eigenvalue weighted by molar-refractivity contribution is -0.137. The van der Waals surface area contributed by atoms with Gasteiger partial charge in [0.05, 0.1) is 5.69 Å². The Labute approximate surface area is 134 Å². The average molecular weight is 332 g/mol. The van der Waals surface area contributed by atoms with Gasteiger partial charge in [-0.05, 0) is 40.3 Å². The normalized spacial score (nSPS) is 10.7. The average Bonchev–Trinajstić information content (AvgIpc) is 3.03. The summed E-state index contributed by atoms with van der Waals surface area (Å²) in [5, 5.41) is 20.3. The molecule has 0 spiro atoms. The van der Waals surface area contributed by atoms with Crippen molar-refractivity contribution in [3.8, 4) is 16.8 Å². The second-order valence-electron chi connectivity index (χ2n) is 4.69. The highest BCUT2D eigenvalue weighted by atomic mass is 35.5. The van der Waals surface area contributed by atoms with Gasteiger partial charge >= 0.3 is 5.97 Å². The van der Waals surface area contributed by atoms with Crippen molar-refractivity contribution in [1.82, 2.24) is 24.8 Å². The maximum atomic E-state index is 12.1. The number of aliphatic carboxylic acids is 1. The smallest absolute Gasteiger partial charge is 0.323 e. The monoisotopic (exact) mass is 331 g/mol. The zero-order valence-electron chi connectivity index (χ0n) is 11.6. The Kier molecular flexibility index (Phi) is 3.90. The van der Waals surface area contributed by atoms with Crippen LogP contribution in [0.1, 0.15) is 0 Å². The standard InChI is InChI=1S/C14H10ClN5O3/c15-10-1-2-12(20-8-16-17-18-20)11(6-10)9-3-4-19(7-14(22)23)13(21)5-9/h1-6,8H,7H2,(H,22,23). The summed E-state index contributed by atoms with van der Waals surface area (Å²) in [5.74, 6) is -1.09. The van der Waals surface area contributed by atoms with E-state index in [1.807, 2.05) is 0 Å². The van der Waals surface area contributed by atoms with E-state index in [1.165, 1.54) is 23.3 Å².